The number of imidazole rings is 1. The molecule has 1 fully saturated rings. The Bertz CT molecular complexity index is 289. The molecule has 84 valence electrons. The summed E-state index contributed by atoms with van der Waals surface area (Å²) in [6, 6.07) is 0. The Labute approximate surface area is 91.3 Å². The van der Waals surface area contributed by atoms with E-state index in [1.807, 2.05) is 6.20 Å². The van der Waals surface area contributed by atoms with Crippen LogP contribution < -0.4 is 5.32 Å². The summed E-state index contributed by atoms with van der Waals surface area (Å²) in [6.45, 7) is 8.93. The van der Waals surface area contributed by atoms with Crippen molar-refractivity contribution in [2.24, 2.45) is 0 Å². The zero-order valence-electron chi connectivity index (χ0n) is 9.45. The lowest BCUT2D eigenvalue weighted by molar-refractivity contribution is 0.242. The highest BCUT2D eigenvalue weighted by molar-refractivity contribution is 4.93. The van der Waals surface area contributed by atoms with Crippen LogP contribution in [0.4, 0.5) is 0 Å². The molecule has 1 aliphatic heterocycles. The maximum Gasteiger partial charge on any atom is 0.109 e. The van der Waals surface area contributed by atoms with Crippen molar-refractivity contribution < 1.29 is 0 Å². The molecule has 0 unspecified atom stereocenters. The number of nitrogens with one attached hydrogen (secondary N) is 1. The van der Waals surface area contributed by atoms with Crippen LogP contribution in [-0.2, 0) is 13.0 Å². The first-order valence-corrected chi connectivity index (χ1v) is 5.83. The summed E-state index contributed by atoms with van der Waals surface area (Å²) in [5.41, 5.74) is 0. The van der Waals surface area contributed by atoms with Gasteiger partial charge in [-0.25, -0.2) is 4.98 Å². The Morgan fingerprint density at radius 1 is 1.40 bits per heavy atom. The van der Waals surface area contributed by atoms with Crippen molar-refractivity contribution >= 4 is 0 Å². The van der Waals surface area contributed by atoms with Crippen LogP contribution in [0.1, 0.15) is 12.7 Å². The van der Waals surface area contributed by atoms with Crippen molar-refractivity contribution in [1.29, 1.82) is 0 Å². The molecular formula is C11H20N4. The topological polar surface area (TPSA) is 33.1 Å². The molecule has 4 nitrogen and oxygen atoms in total. The summed E-state index contributed by atoms with van der Waals surface area (Å²) >= 11 is 0. The van der Waals surface area contributed by atoms with E-state index >= 15 is 0 Å². The first-order chi connectivity index (χ1) is 7.40. The predicted molar refractivity (Wildman–Crippen MR) is 60.9 cm³/mol. The minimum absolute atomic E-state index is 1.02. The maximum absolute atomic E-state index is 4.39. The Morgan fingerprint density at radius 3 is 2.93 bits per heavy atom. The third-order valence-electron chi connectivity index (χ3n) is 3.00. The predicted octanol–water partition coefficient (Wildman–Crippen LogP) is 0.351. The van der Waals surface area contributed by atoms with E-state index in [1.54, 1.807) is 0 Å². The summed E-state index contributed by atoms with van der Waals surface area (Å²) in [5.74, 6) is 1.22. The zero-order valence-corrected chi connectivity index (χ0v) is 9.45. The zero-order chi connectivity index (χ0) is 10.5. The molecule has 2 heterocycles. The third kappa shape index (κ3) is 2.79. The first kappa shape index (κ1) is 10.6. The normalized spacial score (nSPS) is 18.2. The number of nitrogens with zero attached hydrogens (tertiary/aromatic N) is 3. The quantitative estimate of drug-likeness (QED) is 0.775. The number of piperazine rings is 1. The average Bonchev–Trinajstić information content (AvgIpc) is 2.75. The van der Waals surface area contributed by atoms with Gasteiger partial charge in [-0.1, -0.05) is 0 Å². The van der Waals surface area contributed by atoms with E-state index in [2.05, 4.69) is 32.9 Å². The van der Waals surface area contributed by atoms with Crippen molar-refractivity contribution in [3.05, 3.63) is 18.2 Å². The van der Waals surface area contributed by atoms with Gasteiger partial charge in [-0.3, -0.25) is 0 Å². The summed E-state index contributed by atoms with van der Waals surface area (Å²) < 4.78 is 2.22. The first-order valence-electron chi connectivity index (χ1n) is 5.83. The number of hydrogen-bond acceptors (Lipinski definition) is 3. The maximum atomic E-state index is 4.39. The molecule has 1 N–H and O–H groups in total. The van der Waals surface area contributed by atoms with Crippen LogP contribution in [0.2, 0.25) is 0 Å². The lowest BCUT2D eigenvalue weighted by Gasteiger charge is -2.26. The number of hydrogen-bond donors (Lipinski definition) is 1. The molecule has 0 amide bonds. The molecule has 0 saturated carbocycles. The summed E-state index contributed by atoms with van der Waals surface area (Å²) in [7, 11) is 0. The van der Waals surface area contributed by atoms with E-state index in [9.17, 15) is 0 Å². The number of aromatic nitrogens is 2. The lowest BCUT2D eigenvalue weighted by atomic mass is 10.3. The van der Waals surface area contributed by atoms with E-state index in [4.69, 9.17) is 0 Å². The molecule has 4 heteroatoms. The van der Waals surface area contributed by atoms with Gasteiger partial charge in [-0.2, -0.15) is 0 Å². The molecule has 1 aliphatic rings. The number of rotatable bonds is 4. The van der Waals surface area contributed by atoms with Gasteiger partial charge in [0.15, 0.2) is 0 Å². The fraction of sp³-hybridized carbons (Fsp3) is 0.727. The van der Waals surface area contributed by atoms with Gasteiger partial charge in [-0.05, 0) is 6.92 Å². The molecule has 1 aromatic rings. The Balaban J connectivity index is 1.81. The van der Waals surface area contributed by atoms with Crippen molar-refractivity contribution in [1.82, 2.24) is 19.8 Å². The summed E-state index contributed by atoms with van der Waals surface area (Å²) in [6.07, 6.45) is 5.03. The largest absolute Gasteiger partial charge is 0.335 e. The Morgan fingerprint density at radius 2 is 2.20 bits per heavy atom. The van der Waals surface area contributed by atoms with E-state index in [0.29, 0.717) is 0 Å². The van der Waals surface area contributed by atoms with E-state index in [1.165, 1.54) is 18.9 Å². The van der Waals surface area contributed by atoms with Crippen LogP contribution in [-0.4, -0.2) is 47.2 Å². The van der Waals surface area contributed by atoms with Crippen LogP contribution in [0, 0.1) is 0 Å². The van der Waals surface area contributed by atoms with E-state index < -0.39 is 0 Å². The summed E-state index contributed by atoms with van der Waals surface area (Å²) in [4.78, 5) is 6.90. The van der Waals surface area contributed by atoms with Crippen molar-refractivity contribution in [3.8, 4) is 0 Å². The van der Waals surface area contributed by atoms with Crippen molar-refractivity contribution in [2.75, 3.05) is 32.7 Å². The highest BCUT2D eigenvalue weighted by Crippen LogP contribution is 2.01. The second-order valence-electron chi connectivity index (χ2n) is 3.97. The van der Waals surface area contributed by atoms with Gasteiger partial charge in [0.2, 0.25) is 0 Å². The van der Waals surface area contributed by atoms with Crippen LogP contribution >= 0.6 is 0 Å². The van der Waals surface area contributed by atoms with Gasteiger partial charge in [0.25, 0.3) is 0 Å². The van der Waals surface area contributed by atoms with Crippen LogP contribution in [0.3, 0.4) is 0 Å². The number of aryl methyl sites for hydroxylation is 1. The molecule has 0 spiro atoms. The van der Waals surface area contributed by atoms with Crippen LogP contribution in [0.15, 0.2) is 12.4 Å². The van der Waals surface area contributed by atoms with Gasteiger partial charge in [0.05, 0.1) is 0 Å². The van der Waals surface area contributed by atoms with E-state index in [0.717, 1.165) is 32.6 Å². The molecular weight excluding hydrogens is 188 g/mol. The van der Waals surface area contributed by atoms with Gasteiger partial charge in [0, 0.05) is 58.1 Å². The molecule has 0 atom stereocenters. The minimum Gasteiger partial charge on any atom is -0.335 e. The van der Waals surface area contributed by atoms with Gasteiger partial charge in [-0.15, -0.1) is 0 Å². The fourth-order valence-corrected chi connectivity index (χ4v) is 2.05. The van der Waals surface area contributed by atoms with Crippen LogP contribution in [0.5, 0.6) is 0 Å². The minimum atomic E-state index is 1.02. The second-order valence-corrected chi connectivity index (χ2v) is 3.97. The molecule has 0 radical (unpaired) electrons. The molecule has 0 aliphatic carbocycles. The Kier molecular flexibility index (Phi) is 3.75. The molecule has 0 aromatic carbocycles. The smallest absolute Gasteiger partial charge is 0.109 e. The molecule has 0 bridgehead atoms. The van der Waals surface area contributed by atoms with Gasteiger partial charge in [0.1, 0.15) is 5.82 Å². The summed E-state index contributed by atoms with van der Waals surface area (Å²) in [5, 5.41) is 3.37. The lowest BCUT2D eigenvalue weighted by Crippen LogP contribution is -2.44. The molecule has 15 heavy (non-hydrogen) atoms. The molecule has 2 rings (SSSR count). The van der Waals surface area contributed by atoms with Crippen LogP contribution in [0.25, 0.3) is 0 Å². The standard InChI is InChI=1S/C11H20N4/c1-2-15-10-6-13-11(15)3-7-14-8-4-12-5-9-14/h6,10,12H,2-5,7-9H2,1H3. The fourth-order valence-electron chi connectivity index (χ4n) is 2.05. The molecule has 1 aromatic heterocycles. The monoisotopic (exact) mass is 208 g/mol. The second kappa shape index (κ2) is 5.28. The highest BCUT2D eigenvalue weighted by Gasteiger charge is 2.10. The highest BCUT2D eigenvalue weighted by atomic mass is 15.2. The Hall–Kier alpha value is -0.870. The van der Waals surface area contributed by atoms with Gasteiger partial charge >= 0.3 is 0 Å². The third-order valence-corrected chi connectivity index (χ3v) is 3.00. The molecule has 1 saturated heterocycles. The SMILES string of the molecule is CCn1ccnc1CCN1CCNCC1. The average molecular weight is 208 g/mol. The van der Waals surface area contributed by atoms with Crippen molar-refractivity contribution in [3.63, 3.8) is 0 Å². The van der Waals surface area contributed by atoms with Gasteiger partial charge < -0.3 is 14.8 Å². The van der Waals surface area contributed by atoms with Crippen molar-refractivity contribution in [2.45, 2.75) is 19.9 Å². The van der Waals surface area contributed by atoms with E-state index in [-0.39, 0.29) is 0 Å².